The SMILES string of the molecule is Cc1ccc([C@@]23O[C@]4(c5cc6ccccc6cc52)c2cccc5cccc(c25)[C@]25C=C[C@](c6ccc(C)cc6)(O2)[C@H]3[C@H]45)cc1. The first-order valence-corrected chi connectivity index (χ1v) is 15.8. The summed E-state index contributed by atoms with van der Waals surface area (Å²) in [4.78, 5) is 0. The van der Waals surface area contributed by atoms with Gasteiger partial charge in [-0.2, -0.15) is 0 Å². The van der Waals surface area contributed by atoms with Crippen molar-refractivity contribution in [2.24, 2.45) is 11.8 Å². The molecule has 4 aliphatic heterocycles. The summed E-state index contributed by atoms with van der Waals surface area (Å²) in [5, 5.41) is 5.01. The van der Waals surface area contributed by atoms with E-state index in [0.29, 0.717) is 0 Å². The second-order valence-corrected chi connectivity index (χ2v) is 13.7. The highest BCUT2D eigenvalue weighted by molar-refractivity contribution is 5.95. The highest BCUT2D eigenvalue weighted by Gasteiger charge is 2.85. The zero-order valence-corrected chi connectivity index (χ0v) is 24.7. The van der Waals surface area contributed by atoms with Gasteiger partial charge in [-0.15, -0.1) is 0 Å². The van der Waals surface area contributed by atoms with Crippen molar-refractivity contribution in [3.05, 3.63) is 178 Å². The first-order chi connectivity index (χ1) is 21.5. The Hall–Kier alpha value is -4.50. The third kappa shape index (κ3) is 2.36. The fraction of sp³-hybridized carbons (Fsp3) is 0.190. The minimum absolute atomic E-state index is 0.0164. The molecule has 5 aliphatic rings. The maximum Gasteiger partial charge on any atom is 0.128 e. The lowest BCUT2D eigenvalue weighted by atomic mass is 9.48. The Morgan fingerprint density at radius 3 is 1.68 bits per heavy atom. The maximum absolute atomic E-state index is 8.03. The number of rotatable bonds is 2. The molecule has 6 atom stereocenters. The molecule has 4 bridgehead atoms. The summed E-state index contributed by atoms with van der Waals surface area (Å²) in [6, 6.07) is 45.3. The van der Waals surface area contributed by atoms with Crippen molar-refractivity contribution in [1.29, 1.82) is 0 Å². The molecule has 2 spiro atoms. The van der Waals surface area contributed by atoms with Gasteiger partial charge in [0, 0.05) is 11.8 Å². The molecule has 0 N–H and O–H groups in total. The molecule has 44 heavy (non-hydrogen) atoms. The number of fused-ring (bicyclic) bond motifs is 7. The molecule has 2 saturated heterocycles. The summed E-state index contributed by atoms with van der Waals surface area (Å²) in [5.74, 6) is 0.0689. The quantitative estimate of drug-likeness (QED) is 0.195. The fourth-order valence-corrected chi connectivity index (χ4v) is 10.2. The minimum atomic E-state index is -0.709. The van der Waals surface area contributed by atoms with Gasteiger partial charge in [-0.25, -0.2) is 0 Å². The first kappa shape index (κ1) is 23.9. The number of ether oxygens (including phenoxy) is 2. The van der Waals surface area contributed by atoms with Crippen LogP contribution >= 0.6 is 0 Å². The van der Waals surface area contributed by atoms with Crippen LogP contribution in [0.5, 0.6) is 0 Å². The van der Waals surface area contributed by atoms with Gasteiger partial charge in [0.2, 0.25) is 0 Å². The first-order valence-electron chi connectivity index (χ1n) is 15.8. The summed E-state index contributed by atoms with van der Waals surface area (Å²) in [5.41, 5.74) is 7.39. The van der Waals surface area contributed by atoms with Gasteiger partial charge in [0.25, 0.3) is 0 Å². The van der Waals surface area contributed by atoms with Gasteiger partial charge >= 0.3 is 0 Å². The van der Waals surface area contributed by atoms with Gasteiger partial charge in [0.05, 0.1) is 0 Å². The van der Waals surface area contributed by atoms with E-state index in [1.165, 1.54) is 66.1 Å². The lowest BCUT2D eigenvalue weighted by molar-refractivity contribution is -0.147. The van der Waals surface area contributed by atoms with Gasteiger partial charge in [-0.1, -0.05) is 120 Å². The summed E-state index contributed by atoms with van der Waals surface area (Å²) in [6.45, 7) is 4.32. The predicted molar refractivity (Wildman–Crippen MR) is 173 cm³/mol. The zero-order chi connectivity index (χ0) is 29.1. The van der Waals surface area contributed by atoms with Crippen molar-refractivity contribution in [3.63, 3.8) is 0 Å². The topological polar surface area (TPSA) is 18.5 Å². The van der Waals surface area contributed by atoms with Crippen LogP contribution in [0.1, 0.15) is 44.5 Å². The molecule has 6 aromatic carbocycles. The monoisotopic (exact) mass is 566 g/mol. The predicted octanol–water partition coefficient (Wildman–Crippen LogP) is 9.08. The Kier molecular flexibility index (Phi) is 4.02. The molecular weight excluding hydrogens is 536 g/mol. The smallest absolute Gasteiger partial charge is 0.128 e. The standard InChI is InChI=1S/C42H30O2/c1-25-13-17-30(18-14-25)39-21-22-40(43-39)32-11-5-9-27-10-6-12-33(36(27)32)42-35-24-29-8-4-3-7-28(29)23-34(35)41(44-42,37(39)38(40)42)31-19-15-26(2)16-20-31/h3-24,37-38H,1-2H3/t37-,38+,39-,40+,41-,42+/m1/s1. The summed E-state index contributed by atoms with van der Waals surface area (Å²) >= 11 is 0. The maximum atomic E-state index is 8.03. The van der Waals surface area contributed by atoms with Crippen LogP contribution < -0.4 is 0 Å². The second kappa shape index (κ2) is 7.41. The van der Waals surface area contributed by atoms with Crippen molar-refractivity contribution in [2.75, 3.05) is 0 Å². The third-order valence-corrected chi connectivity index (χ3v) is 11.8. The van der Waals surface area contributed by atoms with Crippen LogP contribution in [0, 0.1) is 25.7 Å². The van der Waals surface area contributed by atoms with Crippen LogP contribution in [0.4, 0.5) is 0 Å². The molecule has 210 valence electrons. The van der Waals surface area contributed by atoms with Crippen molar-refractivity contribution in [2.45, 2.75) is 36.3 Å². The lowest BCUT2D eigenvalue weighted by Crippen LogP contribution is -2.51. The van der Waals surface area contributed by atoms with Gasteiger partial charge in [0.15, 0.2) is 0 Å². The minimum Gasteiger partial charge on any atom is -0.350 e. The number of benzene rings is 6. The molecule has 2 heteroatoms. The van der Waals surface area contributed by atoms with E-state index in [4.69, 9.17) is 9.47 Å². The van der Waals surface area contributed by atoms with Crippen LogP contribution in [0.15, 0.2) is 133 Å². The van der Waals surface area contributed by atoms with Crippen LogP contribution in [0.3, 0.4) is 0 Å². The largest absolute Gasteiger partial charge is 0.350 e. The molecule has 0 aromatic heterocycles. The zero-order valence-electron chi connectivity index (χ0n) is 24.7. The Balaban J connectivity index is 1.36. The van der Waals surface area contributed by atoms with E-state index in [0.717, 1.165) is 0 Å². The van der Waals surface area contributed by atoms with Gasteiger partial charge < -0.3 is 9.47 Å². The molecule has 11 rings (SSSR count). The van der Waals surface area contributed by atoms with E-state index in [9.17, 15) is 0 Å². The highest BCUT2D eigenvalue weighted by Crippen LogP contribution is 2.83. The Morgan fingerprint density at radius 2 is 1.00 bits per heavy atom. The molecule has 0 unspecified atom stereocenters. The normalized spacial score (nSPS) is 32.9. The molecular formula is C42H30O2. The van der Waals surface area contributed by atoms with E-state index >= 15 is 0 Å². The molecule has 0 radical (unpaired) electrons. The Morgan fingerprint density at radius 1 is 0.455 bits per heavy atom. The second-order valence-electron chi connectivity index (χ2n) is 13.7. The van der Waals surface area contributed by atoms with E-state index in [1.807, 2.05) is 0 Å². The van der Waals surface area contributed by atoms with Gasteiger partial charge in [0.1, 0.15) is 22.4 Å². The van der Waals surface area contributed by atoms with Crippen molar-refractivity contribution in [1.82, 2.24) is 0 Å². The average Bonchev–Trinajstić information content (AvgIpc) is 3.78. The summed E-state index contributed by atoms with van der Waals surface area (Å²) in [6.07, 6.45) is 4.79. The number of aryl methyl sites for hydroxylation is 2. The van der Waals surface area contributed by atoms with Crippen molar-refractivity contribution >= 4 is 21.5 Å². The van der Waals surface area contributed by atoms with Gasteiger partial charge in [-0.05, 0) is 93.1 Å². The van der Waals surface area contributed by atoms with Crippen LogP contribution in [0.2, 0.25) is 0 Å². The van der Waals surface area contributed by atoms with E-state index in [1.54, 1.807) is 0 Å². The molecule has 0 amide bonds. The Bertz CT molecular complexity index is 2280. The van der Waals surface area contributed by atoms with E-state index < -0.39 is 22.4 Å². The highest BCUT2D eigenvalue weighted by atomic mass is 16.6. The number of hydrogen-bond acceptors (Lipinski definition) is 2. The van der Waals surface area contributed by atoms with Crippen LogP contribution in [0.25, 0.3) is 21.5 Å². The molecule has 0 saturated carbocycles. The average molecular weight is 567 g/mol. The fourth-order valence-electron chi connectivity index (χ4n) is 10.2. The van der Waals surface area contributed by atoms with E-state index in [-0.39, 0.29) is 11.8 Å². The molecule has 1 aliphatic carbocycles. The molecule has 2 fully saturated rings. The molecule has 6 aromatic rings. The molecule has 2 nitrogen and oxygen atoms in total. The van der Waals surface area contributed by atoms with Gasteiger partial charge in [-0.3, -0.25) is 0 Å². The van der Waals surface area contributed by atoms with Crippen molar-refractivity contribution in [3.8, 4) is 0 Å². The van der Waals surface area contributed by atoms with Crippen LogP contribution in [-0.2, 0) is 31.9 Å². The molecule has 4 heterocycles. The van der Waals surface area contributed by atoms with E-state index in [2.05, 4.69) is 147 Å². The lowest BCUT2D eigenvalue weighted by Gasteiger charge is -2.48. The third-order valence-electron chi connectivity index (χ3n) is 11.8. The summed E-state index contributed by atoms with van der Waals surface area (Å²) < 4.78 is 15.8. The van der Waals surface area contributed by atoms with Crippen molar-refractivity contribution < 1.29 is 9.47 Å². The number of hydrogen-bond donors (Lipinski definition) is 0. The Labute approximate surface area is 256 Å². The summed E-state index contributed by atoms with van der Waals surface area (Å²) in [7, 11) is 0. The van der Waals surface area contributed by atoms with Crippen LogP contribution in [-0.4, -0.2) is 0 Å².